The van der Waals surface area contributed by atoms with Gasteiger partial charge in [-0.3, -0.25) is 4.90 Å². The van der Waals surface area contributed by atoms with Crippen LogP contribution in [0.5, 0.6) is 5.75 Å². The van der Waals surface area contributed by atoms with Gasteiger partial charge in [-0.15, -0.1) is 0 Å². The number of ether oxygens (including phenoxy) is 1. The summed E-state index contributed by atoms with van der Waals surface area (Å²) in [5.74, 6) is 1.60. The van der Waals surface area contributed by atoms with Crippen LogP contribution in [0.1, 0.15) is 37.3 Å². The lowest BCUT2D eigenvalue weighted by Gasteiger charge is -2.22. The number of methoxy groups -OCH3 is 1. The first-order valence-electron chi connectivity index (χ1n) is 7.55. The van der Waals surface area contributed by atoms with Gasteiger partial charge in [0.25, 0.3) is 0 Å². The summed E-state index contributed by atoms with van der Waals surface area (Å²) in [6, 6.07) is 5.85. The molecule has 21 heavy (non-hydrogen) atoms. The molecule has 0 radical (unpaired) electrons. The van der Waals surface area contributed by atoms with Crippen molar-refractivity contribution in [1.82, 2.24) is 4.90 Å². The van der Waals surface area contributed by atoms with E-state index < -0.39 is 0 Å². The van der Waals surface area contributed by atoms with Crippen molar-refractivity contribution in [3.63, 3.8) is 0 Å². The number of rotatable bonds is 8. The van der Waals surface area contributed by atoms with E-state index in [9.17, 15) is 0 Å². The van der Waals surface area contributed by atoms with Crippen LogP contribution in [0.3, 0.4) is 0 Å². The zero-order valence-corrected chi connectivity index (χ0v) is 12.9. The van der Waals surface area contributed by atoms with Gasteiger partial charge in [-0.2, -0.15) is 0 Å². The number of benzene rings is 1. The molecule has 0 amide bonds. The summed E-state index contributed by atoms with van der Waals surface area (Å²) >= 11 is 0. The molecule has 116 valence electrons. The maximum absolute atomic E-state index is 8.80. The van der Waals surface area contributed by atoms with Crippen molar-refractivity contribution in [2.45, 2.75) is 32.7 Å². The van der Waals surface area contributed by atoms with Crippen LogP contribution in [0.2, 0.25) is 0 Å². The second kappa shape index (κ2) is 7.31. The van der Waals surface area contributed by atoms with Gasteiger partial charge in [-0.05, 0) is 49.4 Å². The summed E-state index contributed by atoms with van der Waals surface area (Å²) in [4.78, 5) is 2.50. The maximum Gasteiger partial charge on any atom is 0.173 e. The molecule has 0 atom stereocenters. The van der Waals surface area contributed by atoms with Crippen molar-refractivity contribution in [1.29, 1.82) is 0 Å². The Labute approximate surface area is 126 Å². The van der Waals surface area contributed by atoms with Crippen LogP contribution in [0, 0.1) is 5.92 Å². The molecule has 5 heteroatoms. The Morgan fingerprint density at radius 2 is 2.24 bits per heavy atom. The molecular formula is C16H25N3O2. The van der Waals surface area contributed by atoms with Crippen molar-refractivity contribution in [3.05, 3.63) is 29.3 Å². The molecule has 1 aliphatic rings. The van der Waals surface area contributed by atoms with Crippen LogP contribution in [-0.4, -0.2) is 36.1 Å². The van der Waals surface area contributed by atoms with Gasteiger partial charge in [0.15, 0.2) is 5.84 Å². The maximum atomic E-state index is 8.80. The fourth-order valence-corrected chi connectivity index (χ4v) is 2.57. The molecule has 3 N–H and O–H groups in total. The Hall–Kier alpha value is -1.75. The molecule has 5 nitrogen and oxygen atoms in total. The number of hydrogen-bond donors (Lipinski definition) is 2. The summed E-state index contributed by atoms with van der Waals surface area (Å²) in [7, 11) is 1.60. The number of oxime groups is 1. The van der Waals surface area contributed by atoms with Gasteiger partial charge in [0.2, 0.25) is 0 Å². The molecule has 0 spiro atoms. The molecule has 0 bridgehead atoms. The number of nitrogens with zero attached hydrogens (tertiary/aromatic N) is 2. The minimum Gasteiger partial charge on any atom is -0.496 e. The standard InChI is InChI=1S/C16H25N3O2/c1-3-8-19(10-12-4-5-12)11-13-6-7-14(16(17)18-20)15(9-13)21-2/h6-7,9,12,20H,3-5,8,10-11H2,1-2H3,(H2,17,18). The summed E-state index contributed by atoms with van der Waals surface area (Å²) in [6.07, 6.45) is 3.89. The summed E-state index contributed by atoms with van der Waals surface area (Å²) in [5.41, 5.74) is 7.46. The molecule has 1 saturated carbocycles. The average molecular weight is 291 g/mol. The fraction of sp³-hybridized carbons (Fsp3) is 0.562. The Balaban J connectivity index is 2.11. The predicted molar refractivity (Wildman–Crippen MR) is 83.8 cm³/mol. The lowest BCUT2D eigenvalue weighted by Crippen LogP contribution is -2.26. The third-order valence-corrected chi connectivity index (χ3v) is 3.81. The molecule has 0 unspecified atom stereocenters. The van der Waals surface area contributed by atoms with E-state index in [0.29, 0.717) is 11.3 Å². The van der Waals surface area contributed by atoms with Crippen molar-refractivity contribution in [3.8, 4) is 5.75 Å². The first-order valence-corrected chi connectivity index (χ1v) is 7.55. The average Bonchev–Trinajstić information content (AvgIpc) is 3.30. The lowest BCUT2D eigenvalue weighted by molar-refractivity contribution is 0.254. The van der Waals surface area contributed by atoms with E-state index >= 15 is 0 Å². The summed E-state index contributed by atoms with van der Waals surface area (Å²) in [5, 5.41) is 11.8. The van der Waals surface area contributed by atoms with Crippen LogP contribution in [0.4, 0.5) is 0 Å². The monoisotopic (exact) mass is 291 g/mol. The predicted octanol–water partition coefficient (Wildman–Crippen LogP) is 2.41. The fourth-order valence-electron chi connectivity index (χ4n) is 2.57. The van der Waals surface area contributed by atoms with Gasteiger partial charge in [-0.25, -0.2) is 0 Å². The number of nitrogens with two attached hydrogens (primary N) is 1. The Bertz CT molecular complexity index is 498. The van der Waals surface area contributed by atoms with Gasteiger partial charge in [0.05, 0.1) is 12.7 Å². The third kappa shape index (κ3) is 4.36. The molecule has 0 saturated heterocycles. The van der Waals surface area contributed by atoms with Gasteiger partial charge in [0.1, 0.15) is 5.75 Å². The zero-order valence-electron chi connectivity index (χ0n) is 12.9. The Morgan fingerprint density at radius 1 is 1.48 bits per heavy atom. The Kier molecular flexibility index (Phi) is 5.44. The van der Waals surface area contributed by atoms with Crippen molar-refractivity contribution < 1.29 is 9.94 Å². The van der Waals surface area contributed by atoms with E-state index in [2.05, 4.69) is 17.0 Å². The molecule has 1 fully saturated rings. The van der Waals surface area contributed by atoms with E-state index in [-0.39, 0.29) is 5.84 Å². The van der Waals surface area contributed by atoms with E-state index in [0.717, 1.165) is 25.4 Å². The van der Waals surface area contributed by atoms with Crippen LogP contribution >= 0.6 is 0 Å². The highest BCUT2D eigenvalue weighted by molar-refractivity contribution is 5.99. The van der Waals surface area contributed by atoms with Crippen molar-refractivity contribution >= 4 is 5.84 Å². The van der Waals surface area contributed by atoms with Gasteiger partial charge >= 0.3 is 0 Å². The van der Waals surface area contributed by atoms with Gasteiger partial charge in [-0.1, -0.05) is 18.1 Å². The SMILES string of the molecule is CCCN(Cc1ccc(/C(N)=N/O)c(OC)c1)CC1CC1. The summed E-state index contributed by atoms with van der Waals surface area (Å²) < 4.78 is 5.35. The van der Waals surface area contributed by atoms with Crippen molar-refractivity contribution in [2.75, 3.05) is 20.2 Å². The largest absolute Gasteiger partial charge is 0.496 e. The first kappa shape index (κ1) is 15.6. The van der Waals surface area contributed by atoms with Gasteiger partial charge < -0.3 is 15.7 Å². The Morgan fingerprint density at radius 3 is 2.81 bits per heavy atom. The number of amidine groups is 1. The van der Waals surface area contributed by atoms with E-state index in [1.807, 2.05) is 18.2 Å². The second-order valence-electron chi connectivity index (χ2n) is 5.70. The molecule has 2 rings (SSSR count). The minimum atomic E-state index is 0.0711. The lowest BCUT2D eigenvalue weighted by atomic mass is 10.1. The number of hydrogen-bond acceptors (Lipinski definition) is 4. The zero-order chi connectivity index (χ0) is 15.2. The van der Waals surface area contributed by atoms with Gasteiger partial charge in [0, 0.05) is 13.1 Å². The van der Waals surface area contributed by atoms with Crippen LogP contribution < -0.4 is 10.5 Å². The van der Waals surface area contributed by atoms with E-state index in [1.54, 1.807) is 7.11 Å². The van der Waals surface area contributed by atoms with Crippen LogP contribution in [0.25, 0.3) is 0 Å². The smallest absolute Gasteiger partial charge is 0.173 e. The molecule has 0 aromatic heterocycles. The van der Waals surface area contributed by atoms with E-state index in [4.69, 9.17) is 15.7 Å². The van der Waals surface area contributed by atoms with Crippen molar-refractivity contribution in [2.24, 2.45) is 16.8 Å². The van der Waals surface area contributed by atoms with Crippen LogP contribution in [0.15, 0.2) is 23.4 Å². The highest BCUT2D eigenvalue weighted by Gasteiger charge is 2.24. The normalized spacial score (nSPS) is 15.5. The summed E-state index contributed by atoms with van der Waals surface area (Å²) in [6.45, 7) is 5.41. The molecule has 1 aliphatic carbocycles. The highest BCUT2D eigenvalue weighted by atomic mass is 16.5. The first-order chi connectivity index (χ1) is 10.2. The molecule has 0 aliphatic heterocycles. The minimum absolute atomic E-state index is 0.0711. The molecule has 1 aromatic carbocycles. The second-order valence-corrected chi connectivity index (χ2v) is 5.70. The topological polar surface area (TPSA) is 71.1 Å². The van der Waals surface area contributed by atoms with Crippen LogP contribution in [-0.2, 0) is 6.54 Å². The molecular weight excluding hydrogens is 266 g/mol. The highest BCUT2D eigenvalue weighted by Crippen LogP contribution is 2.30. The molecule has 0 heterocycles. The molecule has 1 aromatic rings. The van der Waals surface area contributed by atoms with E-state index in [1.165, 1.54) is 24.9 Å². The third-order valence-electron chi connectivity index (χ3n) is 3.81. The quantitative estimate of drug-likeness (QED) is 0.334.